The number of benzene rings is 6. The second kappa shape index (κ2) is 17.5. The summed E-state index contributed by atoms with van der Waals surface area (Å²) in [5, 5.41) is 3.38. The van der Waals surface area contributed by atoms with Gasteiger partial charge in [0.05, 0.1) is 36.2 Å². The minimum atomic E-state index is -1.24. The van der Waals surface area contributed by atoms with Gasteiger partial charge in [0.1, 0.15) is 0 Å². The van der Waals surface area contributed by atoms with Crippen molar-refractivity contribution in [3.8, 4) is 50.6 Å². The molecule has 0 unspecified atom stereocenters. The largest absolute Gasteiger partial charge is 0.486 e. The Morgan fingerprint density at radius 1 is 0.667 bits per heavy atom. The number of aryl methyl sites for hydroxylation is 2. The fourth-order valence-corrected chi connectivity index (χ4v) is 8.98. The number of fused-ring (bicyclic) bond motifs is 4. The zero-order valence-corrected chi connectivity index (χ0v) is 40.4. The molecule has 0 aliphatic rings. The average molecular weight is 1020 g/mol. The van der Waals surface area contributed by atoms with Gasteiger partial charge >= 0.3 is 0 Å². The van der Waals surface area contributed by atoms with Crippen LogP contribution in [0.4, 0.5) is 0 Å². The van der Waals surface area contributed by atoms with Crippen LogP contribution in [0.5, 0.6) is 0 Å². The van der Waals surface area contributed by atoms with Gasteiger partial charge < -0.3 is 14.0 Å². The number of imidazole rings is 1. The number of rotatable bonds is 6. The van der Waals surface area contributed by atoms with Gasteiger partial charge in [0.25, 0.3) is 0 Å². The molecular weight excluding hydrogens is 965 g/mol. The maximum Gasteiger partial charge on any atom is 0.216 e. The second-order valence-corrected chi connectivity index (χ2v) is 23.2. The van der Waals surface area contributed by atoms with Gasteiger partial charge in [-0.25, -0.2) is 4.98 Å². The number of hydrogen-bond acceptors (Lipinski definition) is 4. The predicted octanol–water partition coefficient (Wildman–Crippen LogP) is 14.1. The van der Waals surface area contributed by atoms with Crippen molar-refractivity contribution < 1.29 is 24.5 Å². The van der Waals surface area contributed by atoms with Crippen molar-refractivity contribution in [2.45, 2.75) is 59.7 Å². The smallest absolute Gasteiger partial charge is 0.216 e. The maximum absolute atomic E-state index is 6.50. The van der Waals surface area contributed by atoms with E-state index in [1.807, 2.05) is 37.4 Å². The number of furan rings is 1. The standard InChI is InChI=1S/C41H32N3O.C15H18NSi.Ir/c1-26-22-23-31-30-18-13-19-32(38(30)45-40(31)42-26)39-43-35-20-11-12-21-36(35)44(39)37-33(27-14-7-5-8-15-27)24-29(41(2,3)4)25-34(37)28-16-9-6-10-17-28;1-12-5-7-13(8-6-12)15-10-9-14(11-16-15)17(2,3)4;/h5-18,20-25H,1-4H3;5-7,9-11H,1-4H3;/q2*-1;. The van der Waals surface area contributed by atoms with Crippen LogP contribution in [0.25, 0.3) is 83.7 Å². The molecule has 4 aromatic heterocycles. The third-order valence-corrected chi connectivity index (χ3v) is 13.5. The van der Waals surface area contributed by atoms with Crippen LogP contribution in [-0.4, -0.2) is 27.6 Å². The van der Waals surface area contributed by atoms with Gasteiger partial charge in [-0.1, -0.05) is 143 Å². The zero-order chi connectivity index (χ0) is 43.2. The van der Waals surface area contributed by atoms with E-state index in [4.69, 9.17) is 14.4 Å². The third-order valence-electron chi connectivity index (χ3n) is 11.5. The molecule has 0 saturated heterocycles. The van der Waals surface area contributed by atoms with Crippen LogP contribution in [0.2, 0.25) is 19.6 Å². The summed E-state index contributed by atoms with van der Waals surface area (Å²) in [4.78, 5) is 14.5. The van der Waals surface area contributed by atoms with Gasteiger partial charge in [-0.15, -0.1) is 53.6 Å². The van der Waals surface area contributed by atoms with Crippen molar-refractivity contribution in [1.29, 1.82) is 0 Å². The van der Waals surface area contributed by atoms with E-state index in [1.165, 1.54) is 16.3 Å². The first-order chi connectivity index (χ1) is 29.8. The van der Waals surface area contributed by atoms with Gasteiger partial charge in [-0.05, 0) is 76.3 Å². The molecule has 0 bridgehead atoms. The molecule has 0 spiro atoms. The molecule has 0 aliphatic heterocycles. The van der Waals surface area contributed by atoms with Gasteiger partial charge in [0, 0.05) is 48.5 Å². The second-order valence-electron chi connectivity index (χ2n) is 18.1. The van der Waals surface area contributed by atoms with E-state index in [9.17, 15) is 0 Å². The normalized spacial score (nSPS) is 11.7. The SMILES string of the molecule is Cc1c[c-]c(-c2ccc([Si](C)(C)C)cn2)cc1.Cc1ccc2c(n1)oc1c(-c3nc4ccccc4n3-c3c(-c4ccccc4)cc(C(C)(C)C)cc3-c3ccccc3)[c-]ccc12.[Ir]. The fourth-order valence-electron chi connectivity index (χ4n) is 7.94. The molecule has 0 amide bonds. The zero-order valence-electron chi connectivity index (χ0n) is 37.0. The molecule has 0 aliphatic carbocycles. The quantitative estimate of drug-likeness (QED) is 0.123. The monoisotopic (exact) mass is 1020 g/mol. The first-order valence-corrected chi connectivity index (χ1v) is 24.8. The summed E-state index contributed by atoms with van der Waals surface area (Å²) in [6, 6.07) is 59.8. The van der Waals surface area contributed by atoms with E-state index in [0.29, 0.717) is 5.71 Å². The Hall–Kier alpha value is -6.24. The molecule has 1 radical (unpaired) electrons. The molecule has 315 valence electrons. The number of nitrogens with zero attached hydrogens (tertiary/aromatic N) is 4. The van der Waals surface area contributed by atoms with Crippen molar-refractivity contribution in [3.05, 3.63) is 187 Å². The summed E-state index contributed by atoms with van der Waals surface area (Å²) in [5.74, 6) is 0.774. The van der Waals surface area contributed by atoms with Crippen molar-refractivity contribution >= 4 is 46.4 Å². The number of hydrogen-bond donors (Lipinski definition) is 0. The van der Waals surface area contributed by atoms with Crippen molar-refractivity contribution in [3.63, 3.8) is 0 Å². The molecule has 4 heterocycles. The predicted molar refractivity (Wildman–Crippen MR) is 261 cm³/mol. The van der Waals surface area contributed by atoms with E-state index in [-0.39, 0.29) is 25.5 Å². The van der Waals surface area contributed by atoms with E-state index in [1.54, 1.807) is 0 Å². The average Bonchev–Trinajstić information content (AvgIpc) is 3.84. The van der Waals surface area contributed by atoms with E-state index in [0.717, 1.165) is 83.7 Å². The number of aromatic nitrogens is 4. The topological polar surface area (TPSA) is 56.7 Å². The van der Waals surface area contributed by atoms with Crippen LogP contribution < -0.4 is 5.19 Å². The third kappa shape index (κ3) is 8.74. The summed E-state index contributed by atoms with van der Waals surface area (Å²) in [5.41, 5.74) is 15.1. The van der Waals surface area contributed by atoms with Gasteiger partial charge in [0.2, 0.25) is 5.71 Å². The summed E-state index contributed by atoms with van der Waals surface area (Å²) in [6.45, 7) is 17.9. The van der Waals surface area contributed by atoms with Gasteiger partial charge in [0.15, 0.2) is 0 Å². The molecule has 0 N–H and O–H groups in total. The van der Waals surface area contributed by atoms with Crippen molar-refractivity contribution in [1.82, 2.24) is 19.5 Å². The maximum atomic E-state index is 6.50. The minimum Gasteiger partial charge on any atom is -0.486 e. The summed E-state index contributed by atoms with van der Waals surface area (Å²) < 4.78 is 8.81. The molecule has 0 fully saturated rings. The Labute approximate surface area is 385 Å². The summed E-state index contributed by atoms with van der Waals surface area (Å²) in [6.07, 6.45) is 2.02. The molecule has 10 rings (SSSR count). The molecule has 0 saturated carbocycles. The molecule has 5 nitrogen and oxygen atoms in total. The van der Waals surface area contributed by atoms with Gasteiger partial charge in [-0.3, -0.25) is 4.98 Å². The van der Waals surface area contributed by atoms with Crippen molar-refractivity contribution in [2.75, 3.05) is 0 Å². The first-order valence-electron chi connectivity index (χ1n) is 21.3. The first kappa shape index (κ1) is 43.4. The van der Waals surface area contributed by atoms with Crippen LogP contribution in [0, 0.1) is 26.0 Å². The summed E-state index contributed by atoms with van der Waals surface area (Å²) >= 11 is 0. The number of pyridine rings is 2. The molecule has 7 heteroatoms. The molecule has 10 aromatic rings. The van der Waals surface area contributed by atoms with Crippen LogP contribution >= 0.6 is 0 Å². The van der Waals surface area contributed by atoms with E-state index >= 15 is 0 Å². The van der Waals surface area contributed by atoms with Crippen molar-refractivity contribution in [2.24, 2.45) is 0 Å². The van der Waals surface area contributed by atoms with E-state index < -0.39 is 8.07 Å². The van der Waals surface area contributed by atoms with Crippen LogP contribution in [0.3, 0.4) is 0 Å². The number of para-hydroxylation sites is 2. The molecule has 6 aromatic carbocycles. The fraction of sp³-hybridized carbons (Fsp3) is 0.161. The molecular formula is C56H50IrN4OSi-2. The van der Waals surface area contributed by atoms with Gasteiger partial charge in [-0.2, -0.15) is 0 Å². The van der Waals surface area contributed by atoms with Crippen LogP contribution in [0.15, 0.2) is 162 Å². The van der Waals surface area contributed by atoms with E-state index in [2.05, 4.69) is 196 Å². The molecule has 0 atom stereocenters. The Morgan fingerprint density at radius 2 is 1.33 bits per heavy atom. The Balaban J connectivity index is 0.000000255. The van der Waals surface area contributed by atoms with Crippen LogP contribution in [-0.2, 0) is 25.5 Å². The Bertz CT molecular complexity index is 3140. The Morgan fingerprint density at radius 3 is 1.94 bits per heavy atom. The van der Waals surface area contributed by atoms with Crippen LogP contribution in [0.1, 0.15) is 37.6 Å². The minimum absolute atomic E-state index is 0. The Kier molecular flexibility index (Phi) is 12.1. The molecule has 63 heavy (non-hydrogen) atoms. The summed E-state index contributed by atoms with van der Waals surface area (Å²) in [7, 11) is -1.24.